The molecule has 0 N–H and O–H groups in total. The van der Waals surface area contributed by atoms with Crippen molar-refractivity contribution in [2.75, 3.05) is 0 Å². The van der Waals surface area contributed by atoms with Crippen molar-refractivity contribution < 1.29 is 0 Å². The first-order chi connectivity index (χ1) is 5.63. The highest BCUT2D eigenvalue weighted by molar-refractivity contribution is 5.37. The molecule has 0 radical (unpaired) electrons. The number of hydrogen-bond acceptors (Lipinski definition) is 0. The monoisotopic (exact) mass is 162 g/mol. The maximum Gasteiger partial charge on any atom is -0.0392 e. The van der Waals surface area contributed by atoms with Crippen LogP contribution in [0.2, 0.25) is 0 Å². The molecule has 0 bridgehead atoms. The van der Waals surface area contributed by atoms with Crippen molar-refractivity contribution >= 4 is 0 Å². The largest absolute Gasteiger partial charge is 0.0991 e. The van der Waals surface area contributed by atoms with E-state index in [0.29, 0.717) is 0 Å². The molecule has 0 fully saturated rings. The zero-order chi connectivity index (χ0) is 9.56. The van der Waals surface area contributed by atoms with Gasteiger partial charge in [-0.2, -0.15) is 0 Å². The Kier molecular flexibility index (Phi) is 5.11. The molecule has 12 heavy (non-hydrogen) atoms. The van der Waals surface area contributed by atoms with Crippen LogP contribution in [0.5, 0.6) is 0 Å². The lowest BCUT2D eigenvalue weighted by Gasteiger charge is -2.03. The van der Waals surface area contributed by atoms with Crippen molar-refractivity contribution in [3.63, 3.8) is 0 Å². The quantitative estimate of drug-likeness (QED) is 0.549. The molecule has 0 unspecified atom stereocenters. The second kappa shape index (κ2) is 5.59. The first-order valence-corrected chi connectivity index (χ1v) is 4.23. The van der Waals surface area contributed by atoms with Gasteiger partial charge in [0.15, 0.2) is 0 Å². The van der Waals surface area contributed by atoms with Gasteiger partial charge in [-0.05, 0) is 44.4 Å². The summed E-state index contributed by atoms with van der Waals surface area (Å²) in [6, 6.07) is 0. The molecule has 0 aliphatic carbocycles. The average molecular weight is 162 g/mol. The van der Waals surface area contributed by atoms with Crippen LogP contribution >= 0.6 is 0 Å². The Hall–Kier alpha value is -1.04. The van der Waals surface area contributed by atoms with Gasteiger partial charge in [0.25, 0.3) is 0 Å². The molecule has 0 aromatic heterocycles. The maximum absolute atomic E-state index is 3.67. The van der Waals surface area contributed by atoms with E-state index in [0.717, 1.165) is 0 Å². The van der Waals surface area contributed by atoms with E-state index in [-0.39, 0.29) is 0 Å². The first kappa shape index (κ1) is 11.0. The van der Waals surface area contributed by atoms with Crippen LogP contribution in [0.1, 0.15) is 27.7 Å². The van der Waals surface area contributed by atoms with Gasteiger partial charge in [0.05, 0.1) is 0 Å². The van der Waals surface area contributed by atoms with E-state index in [1.165, 1.54) is 16.7 Å². The number of hydrogen-bond donors (Lipinski definition) is 0. The van der Waals surface area contributed by atoms with E-state index in [4.69, 9.17) is 0 Å². The van der Waals surface area contributed by atoms with Gasteiger partial charge in [0.2, 0.25) is 0 Å². The molecule has 0 atom stereocenters. The molecule has 0 aromatic carbocycles. The molecule has 0 heterocycles. The highest BCUT2D eigenvalue weighted by Gasteiger charge is 1.94. The standard InChI is InChI=1S/C12H18/c1-6-8-10(3)12(5)11(4)9-7-2/h6-9H,1H2,2-5H3/b9-7?,10-8?,12-11+. The summed E-state index contributed by atoms with van der Waals surface area (Å²) in [6.07, 6.45) is 8.03. The second-order valence-corrected chi connectivity index (χ2v) is 2.89. The van der Waals surface area contributed by atoms with Crippen molar-refractivity contribution in [3.05, 3.63) is 47.6 Å². The summed E-state index contributed by atoms with van der Waals surface area (Å²) in [4.78, 5) is 0. The summed E-state index contributed by atoms with van der Waals surface area (Å²) >= 11 is 0. The van der Waals surface area contributed by atoms with E-state index in [1.807, 2.05) is 19.1 Å². The maximum atomic E-state index is 3.67. The highest BCUT2D eigenvalue weighted by atomic mass is 14.0. The summed E-state index contributed by atoms with van der Waals surface area (Å²) in [7, 11) is 0. The van der Waals surface area contributed by atoms with E-state index in [1.54, 1.807) is 0 Å². The molecule has 0 aliphatic rings. The zero-order valence-corrected chi connectivity index (χ0v) is 8.52. The van der Waals surface area contributed by atoms with Gasteiger partial charge in [-0.25, -0.2) is 0 Å². The normalized spacial score (nSPS) is 14.8. The van der Waals surface area contributed by atoms with Crippen molar-refractivity contribution in [1.29, 1.82) is 0 Å². The third-order valence-electron chi connectivity index (χ3n) is 1.97. The third kappa shape index (κ3) is 3.38. The van der Waals surface area contributed by atoms with Crippen LogP contribution in [0.15, 0.2) is 47.6 Å². The molecule has 0 rings (SSSR count). The molecule has 0 aromatic rings. The smallest absolute Gasteiger partial charge is 0.0392 e. The van der Waals surface area contributed by atoms with Gasteiger partial charge >= 0.3 is 0 Å². The third-order valence-corrected chi connectivity index (χ3v) is 1.97. The van der Waals surface area contributed by atoms with E-state index in [9.17, 15) is 0 Å². The molecule has 0 aliphatic heterocycles. The fourth-order valence-corrected chi connectivity index (χ4v) is 0.988. The SMILES string of the molecule is C=CC=C(C)/C(C)=C(\C)C=CC. The predicted molar refractivity (Wildman–Crippen MR) is 57.1 cm³/mol. The molecule has 0 nitrogen and oxygen atoms in total. The lowest BCUT2D eigenvalue weighted by molar-refractivity contribution is 1.27. The van der Waals surface area contributed by atoms with Crippen LogP contribution in [0.3, 0.4) is 0 Å². The Morgan fingerprint density at radius 2 is 1.75 bits per heavy atom. The Bertz CT molecular complexity index is 237. The molecule has 0 amide bonds. The molecule has 0 saturated carbocycles. The molecular weight excluding hydrogens is 144 g/mol. The number of allylic oxidation sites excluding steroid dienone is 7. The second-order valence-electron chi connectivity index (χ2n) is 2.89. The van der Waals surface area contributed by atoms with Crippen LogP contribution in [-0.4, -0.2) is 0 Å². The summed E-state index contributed by atoms with van der Waals surface area (Å²) in [5, 5.41) is 0. The minimum Gasteiger partial charge on any atom is -0.0991 e. The lowest BCUT2D eigenvalue weighted by Crippen LogP contribution is -1.82. The zero-order valence-electron chi connectivity index (χ0n) is 8.52. The van der Waals surface area contributed by atoms with Crippen LogP contribution in [0.25, 0.3) is 0 Å². The summed E-state index contributed by atoms with van der Waals surface area (Å²) in [5.74, 6) is 0. The molecule has 0 spiro atoms. The van der Waals surface area contributed by atoms with Gasteiger partial charge in [-0.1, -0.05) is 30.9 Å². The van der Waals surface area contributed by atoms with Crippen LogP contribution in [-0.2, 0) is 0 Å². The van der Waals surface area contributed by atoms with Crippen molar-refractivity contribution in [2.45, 2.75) is 27.7 Å². The topological polar surface area (TPSA) is 0 Å². The van der Waals surface area contributed by atoms with Gasteiger partial charge in [-0.3, -0.25) is 0 Å². The summed E-state index contributed by atoms with van der Waals surface area (Å²) in [6.45, 7) is 12.1. The fourth-order valence-electron chi connectivity index (χ4n) is 0.988. The Balaban J connectivity index is 4.76. The van der Waals surface area contributed by atoms with E-state index >= 15 is 0 Å². The summed E-state index contributed by atoms with van der Waals surface area (Å²) < 4.78 is 0. The molecule has 0 heteroatoms. The highest BCUT2D eigenvalue weighted by Crippen LogP contribution is 2.14. The van der Waals surface area contributed by atoms with Gasteiger partial charge in [-0.15, -0.1) is 0 Å². The minimum atomic E-state index is 1.28. The van der Waals surface area contributed by atoms with Crippen LogP contribution in [0, 0.1) is 0 Å². The van der Waals surface area contributed by atoms with E-state index < -0.39 is 0 Å². The molecular formula is C12H18. The minimum absolute atomic E-state index is 1.28. The van der Waals surface area contributed by atoms with Crippen molar-refractivity contribution in [1.82, 2.24) is 0 Å². The van der Waals surface area contributed by atoms with E-state index in [2.05, 4.69) is 39.5 Å². The molecule has 66 valence electrons. The van der Waals surface area contributed by atoms with Crippen LogP contribution in [0.4, 0.5) is 0 Å². The van der Waals surface area contributed by atoms with Crippen molar-refractivity contribution in [2.24, 2.45) is 0 Å². The average Bonchev–Trinajstić information content (AvgIpc) is 2.04. The predicted octanol–water partition coefficient (Wildman–Crippen LogP) is 4.03. The van der Waals surface area contributed by atoms with Crippen LogP contribution < -0.4 is 0 Å². The van der Waals surface area contributed by atoms with Gasteiger partial charge < -0.3 is 0 Å². The lowest BCUT2D eigenvalue weighted by atomic mass is 10.0. The van der Waals surface area contributed by atoms with Crippen molar-refractivity contribution in [3.8, 4) is 0 Å². The molecule has 0 saturated heterocycles. The Labute approximate surface area is 76.0 Å². The number of rotatable bonds is 3. The fraction of sp³-hybridized carbons (Fsp3) is 0.333. The Morgan fingerprint density at radius 1 is 1.17 bits per heavy atom. The summed E-state index contributed by atoms with van der Waals surface area (Å²) in [5.41, 5.74) is 3.92. The Morgan fingerprint density at radius 3 is 2.17 bits per heavy atom. The van der Waals surface area contributed by atoms with Gasteiger partial charge in [0, 0.05) is 0 Å². The first-order valence-electron chi connectivity index (χ1n) is 4.23. The van der Waals surface area contributed by atoms with Gasteiger partial charge in [0.1, 0.15) is 0 Å².